The van der Waals surface area contributed by atoms with E-state index in [4.69, 9.17) is 5.26 Å². The summed E-state index contributed by atoms with van der Waals surface area (Å²) in [6.45, 7) is 5.42. The smallest absolute Gasteiger partial charge is 0.263 e. The van der Waals surface area contributed by atoms with Crippen LogP contribution >= 0.6 is 11.8 Å². The number of piperazine rings is 1. The van der Waals surface area contributed by atoms with E-state index >= 15 is 0 Å². The van der Waals surface area contributed by atoms with Crippen molar-refractivity contribution in [3.63, 3.8) is 0 Å². The minimum Gasteiger partial charge on any atom is -0.367 e. The molecule has 9 nitrogen and oxygen atoms in total. The van der Waals surface area contributed by atoms with Gasteiger partial charge in [0.25, 0.3) is 5.56 Å². The number of carbonyl (C=O) groups is 2. The van der Waals surface area contributed by atoms with Gasteiger partial charge in [0, 0.05) is 49.8 Å². The first kappa shape index (κ1) is 25.9. The molecule has 0 spiro atoms. The molecular formula is C27H27FN6O3S. The first-order chi connectivity index (χ1) is 18.4. The molecule has 1 atom stereocenters. The average Bonchev–Trinajstić information content (AvgIpc) is 2.90. The van der Waals surface area contributed by atoms with Crippen LogP contribution < -0.4 is 15.8 Å². The summed E-state index contributed by atoms with van der Waals surface area (Å²) in [6.07, 6.45) is 0.452. The lowest BCUT2D eigenvalue weighted by atomic mass is 10.1. The maximum absolute atomic E-state index is 14.4. The van der Waals surface area contributed by atoms with E-state index in [9.17, 15) is 18.8 Å². The average molecular weight is 535 g/mol. The lowest BCUT2D eigenvalue weighted by Crippen LogP contribution is -2.47. The van der Waals surface area contributed by atoms with Crippen LogP contribution in [0.25, 0.3) is 10.9 Å². The van der Waals surface area contributed by atoms with Crippen LogP contribution in [0.15, 0.2) is 46.1 Å². The number of thioether (sulfide) groups is 1. The molecular weight excluding hydrogens is 507 g/mol. The third-order valence-corrected chi connectivity index (χ3v) is 8.08. The van der Waals surface area contributed by atoms with Crippen LogP contribution in [-0.4, -0.2) is 64.7 Å². The minimum atomic E-state index is -0.757. The standard InChI is InChI=1S/C27H27FN6O3S/c1-17-30-20-3-2-4-23(25(20)27(37)34(17)22-7-8-24(35)31-26(22)36)38-14-13-32-9-11-33(12-10-32)21-6-5-18(16-29)15-19(21)28/h2-6,15,22H,7-14H2,1H3,(H,31,35,36). The molecule has 0 saturated carbocycles. The summed E-state index contributed by atoms with van der Waals surface area (Å²) < 4.78 is 15.8. The second-order valence-electron chi connectivity index (χ2n) is 9.41. The highest BCUT2D eigenvalue weighted by Gasteiger charge is 2.31. The molecule has 1 aromatic heterocycles. The van der Waals surface area contributed by atoms with Gasteiger partial charge in [-0.3, -0.25) is 29.2 Å². The number of imide groups is 1. The quantitative estimate of drug-likeness (QED) is 0.380. The van der Waals surface area contributed by atoms with Crippen molar-refractivity contribution in [2.24, 2.45) is 0 Å². The maximum atomic E-state index is 14.4. The molecule has 11 heteroatoms. The summed E-state index contributed by atoms with van der Waals surface area (Å²) in [5, 5.41) is 11.8. The summed E-state index contributed by atoms with van der Waals surface area (Å²) in [5.74, 6) is 0.00455. The van der Waals surface area contributed by atoms with Crippen molar-refractivity contribution in [3.8, 4) is 6.07 Å². The lowest BCUT2D eigenvalue weighted by molar-refractivity contribution is -0.135. The van der Waals surface area contributed by atoms with Gasteiger partial charge >= 0.3 is 0 Å². The number of anilines is 1. The van der Waals surface area contributed by atoms with Gasteiger partial charge in [0.1, 0.15) is 17.7 Å². The number of fused-ring (bicyclic) bond motifs is 1. The fraction of sp³-hybridized carbons (Fsp3) is 0.370. The summed E-state index contributed by atoms with van der Waals surface area (Å²) in [4.78, 5) is 47.4. The molecule has 3 aromatic rings. The number of nitrogens with one attached hydrogen (secondary N) is 1. The SMILES string of the molecule is Cc1nc2cccc(SCCN3CCN(c4ccc(C#N)cc4F)CC3)c2c(=O)n1C1CCC(=O)NC1=O. The number of nitriles is 1. The first-order valence-corrected chi connectivity index (χ1v) is 13.5. The zero-order chi connectivity index (χ0) is 26.8. The highest BCUT2D eigenvalue weighted by molar-refractivity contribution is 7.99. The van der Waals surface area contributed by atoms with E-state index in [1.165, 1.54) is 10.6 Å². The number of carbonyl (C=O) groups excluding carboxylic acids is 2. The monoisotopic (exact) mass is 534 g/mol. The molecule has 2 fully saturated rings. The van der Waals surface area contributed by atoms with Gasteiger partial charge in [0.15, 0.2) is 0 Å². The molecule has 2 amide bonds. The number of halogens is 1. The van der Waals surface area contributed by atoms with Crippen molar-refractivity contribution in [1.29, 1.82) is 5.26 Å². The lowest BCUT2D eigenvalue weighted by Gasteiger charge is -2.36. The highest BCUT2D eigenvalue weighted by atomic mass is 32.2. The summed E-state index contributed by atoms with van der Waals surface area (Å²) >= 11 is 1.57. The van der Waals surface area contributed by atoms with E-state index in [0.717, 1.165) is 30.3 Å². The predicted molar refractivity (Wildman–Crippen MR) is 143 cm³/mol. The van der Waals surface area contributed by atoms with E-state index in [1.807, 2.05) is 23.1 Å². The van der Waals surface area contributed by atoms with Crippen molar-refractivity contribution in [1.82, 2.24) is 19.8 Å². The largest absolute Gasteiger partial charge is 0.367 e. The van der Waals surface area contributed by atoms with Crippen LogP contribution in [0.1, 0.15) is 30.3 Å². The molecule has 0 radical (unpaired) electrons. The molecule has 2 aliphatic heterocycles. The van der Waals surface area contributed by atoms with Crippen LogP contribution in [0.2, 0.25) is 0 Å². The molecule has 2 aromatic carbocycles. The molecule has 3 heterocycles. The Morgan fingerprint density at radius 1 is 1.16 bits per heavy atom. The van der Waals surface area contributed by atoms with Crippen LogP contribution in [-0.2, 0) is 9.59 Å². The summed E-state index contributed by atoms with van der Waals surface area (Å²) in [5.41, 5.74) is 1.13. The number of rotatable bonds is 6. The van der Waals surface area contributed by atoms with Gasteiger partial charge in [-0.05, 0) is 43.7 Å². The molecule has 5 rings (SSSR count). The molecule has 1 unspecified atom stereocenters. The molecule has 1 N–H and O–H groups in total. The zero-order valence-electron chi connectivity index (χ0n) is 20.9. The molecule has 0 aliphatic carbocycles. The molecule has 196 valence electrons. The number of aryl methyl sites for hydroxylation is 1. The number of nitrogens with zero attached hydrogens (tertiary/aromatic N) is 5. The Morgan fingerprint density at radius 2 is 1.95 bits per heavy atom. The highest BCUT2D eigenvalue weighted by Crippen LogP contribution is 2.27. The Hall–Kier alpha value is -3.75. The zero-order valence-corrected chi connectivity index (χ0v) is 21.8. The van der Waals surface area contributed by atoms with E-state index in [0.29, 0.717) is 41.1 Å². The van der Waals surface area contributed by atoms with Crippen LogP contribution in [0.5, 0.6) is 0 Å². The Labute approximate surface area is 223 Å². The number of benzene rings is 2. The predicted octanol–water partition coefficient (Wildman–Crippen LogP) is 2.61. The Balaban J connectivity index is 1.25. The third kappa shape index (κ3) is 5.14. The minimum absolute atomic E-state index is 0.182. The second-order valence-corrected chi connectivity index (χ2v) is 10.5. The normalized spacial score (nSPS) is 18.4. The van der Waals surface area contributed by atoms with E-state index in [-0.39, 0.29) is 30.1 Å². The van der Waals surface area contributed by atoms with Crippen molar-refractivity contribution in [2.75, 3.05) is 43.4 Å². The fourth-order valence-corrected chi connectivity index (χ4v) is 6.15. The summed E-state index contributed by atoms with van der Waals surface area (Å²) in [6, 6.07) is 11.3. The third-order valence-electron chi connectivity index (χ3n) is 7.04. The topological polar surface area (TPSA) is 111 Å². The second kappa shape index (κ2) is 10.9. The Morgan fingerprint density at radius 3 is 2.66 bits per heavy atom. The number of piperidine rings is 1. The fourth-order valence-electron chi connectivity index (χ4n) is 5.07. The van der Waals surface area contributed by atoms with Crippen LogP contribution in [0.4, 0.5) is 10.1 Å². The summed E-state index contributed by atoms with van der Waals surface area (Å²) in [7, 11) is 0. The van der Waals surface area contributed by atoms with Gasteiger partial charge in [-0.25, -0.2) is 9.37 Å². The number of hydrogen-bond donors (Lipinski definition) is 1. The van der Waals surface area contributed by atoms with Gasteiger partial charge in [-0.1, -0.05) is 6.07 Å². The van der Waals surface area contributed by atoms with E-state index in [1.54, 1.807) is 36.9 Å². The Bertz CT molecular complexity index is 1510. The molecule has 2 aliphatic rings. The number of hydrogen-bond acceptors (Lipinski definition) is 8. The van der Waals surface area contributed by atoms with E-state index in [2.05, 4.69) is 15.2 Å². The van der Waals surface area contributed by atoms with Gasteiger partial charge in [0.2, 0.25) is 11.8 Å². The van der Waals surface area contributed by atoms with Crippen LogP contribution in [0, 0.1) is 24.1 Å². The molecule has 38 heavy (non-hydrogen) atoms. The molecule has 2 saturated heterocycles. The Kier molecular flexibility index (Phi) is 7.44. The van der Waals surface area contributed by atoms with Gasteiger partial charge in [0.05, 0.1) is 28.2 Å². The van der Waals surface area contributed by atoms with Crippen molar-refractivity contribution in [3.05, 3.63) is 64.0 Å². The van der Waals surface area contributed by atoms with Crippen molar-refractivity contribution >= 4 is 40.2 Å². The van der Waals surface area contributed by atoms with Gasteiger partial charge in [-0.2, -0.15) is 5.26 Å². The number of aromatic nitrogens is 2. The van der Waals surface area contributed by atoms with Crippen molar-refractivity contribution < 1.29 is 14.0 Å². The van der Waals surface area contributed by atoms with Crippen LogP contribution in [0.3, 0.4) is 0 Å². The molecule has 0 bridgehead atoms. The maximum Gasteiger partial charge on any atom is 0.263 e. The first-order valence-electron chi connectivity index (χ1n) is 12.5. The van der Waals surface area contributed by atoms with E-state index < -0.39 is 11.9 Å². The van der Waals surface area contributed by atoms with Gasteiger partial charge < -0.3 is 4.90 Å². The van der Waals surface area contributed by atoms with Crippen molar-refractivity contribution in [2.45, 2.75) is 30.7 Å². The number of amides is 2. The van der Waals surface area contributed by atoms with Gasteiger partial charge in [-0.15, -0.1) is 11.8 Å².